The molecule has 1 amide bonds. The molecule has 5 atom stereocenters. The zero-order valence-corrected chi connectivity index (χ0v) is 16.1. The summed E-state index contributed by atoms with van der Waals surface area (Å²) in [5.74, 6) is -1.37. The van der Waals surface area contributed by atoms with Gasteiger partial charge in [0.25, 0.3) is 0 Å². The lowest BCUT2D eigenvalue weighted by Gasteiger charge is -2.42. The van der Waals surface area contributed by atoms with Gasteiger partial charge in [-0.3, -0.25) is 20.0 Å². The summed E-state index contributed by atoms with van der Waals surface area (Å²) in [6.45, 7) is 2.05. The maximum atomic E-state index is 13.5. The average molecular weight is 421 g/mol. The molecule has 1 aromatic carbocycles. The molecule has 3 fully saturated rings. The van der Waals surface area contributed by atoms with Crippen LogP contribution in [0.4, 0.5) is 18.9 Å². The monoisotopic (exact) mass is 421 g/mol. The highest BCUT2D eigenvalue weighted by molar-refractivity contribution is 6.00. The number of nitrogens with zero attached hydrogens (tertiary/aromatic N) is 2. The van der Waals surface area contributed by atoms with Crippen LogP contribution < -0.4 is 10.4 Å². The Kier molecular flexibility index (Phi) is 3.85. The van der Waals surface area contributed by atoms with E-state index in [0.29, 0.717) is 12.1 Å². The molecule has 2 bridgehead atoms. The molecule has 1 spiro atoms. The van der Waals surface area contributed by atoms with Crippen molar-refractivity contribution in [1.82, 2.24) is 5.48 Å². The first kappa shape index (κ1) is 19.4. The number of hydrogen-bond donors (Lipinski definition) is 1. The fraction of sp³-hybridized carbons (Fsp3) is 0.500. The normalized spacial score (nSPS) is 36.5. The fourth-order valence-corrected chi connectivity index (χ4v) is 5.52. The van der Waals surface area contributed by atoms with E-state index in [4.69, 9.17) is 19.6 Å². The Morgan fingerprint density at radius 2 is 2.17 bits per heavy atom. The van der Waals surface area contributed by atoms with Crippen molar-refractivity contribution >= 4 is 11.6 Å². The van der Waals surface area contributed by atoms with Crippen molar-refractivity contribution in [3.63, 3.8) is 0 Å². The van der Waals surface area contributed by atoms with Crippen LogP contribution in [0.1, 0.15) is 24.5 Å². The summed E-state index contributed by atoms with van der Waals surface area (Å²) in [6.07, 6.45) is -3.19. The summed E-state index contributed by atoms with van der Waals surface area (Å²) in [6, 6.07) is 4.84. The lowest BCUT2D eigenvalue weighted by atomic mass is 9.68. The minimum atomic E-state index is -4.72. The average Bonchev–Trinajstić information content (AvgIpc) is 3.25. The van der Waals surface area contributed by atoms with Crippen molar-refractivity contribution in [2.75, 3.05) is 18.6 Å². The van der Waals surface area contributed by atoms with Crippen LogP contribution in [0.2, 0.25) is 0 Å². The lowest BCUT2D eigenvalue weighted by molar-refractivity contribution is -0.140. The van der Waals surface area contributed by atoms with Gasteiger partial charge in [0.05, 0.1) is 54.0 Å². The van der Waals surface area contributed by atoms with Gasteiger partial charge in [-0.15, -0.1) is 0 Å². The van der Waals surface area contributed by atoms with E-state index < -0.39 is 46.6 Å². The summed E-state index contributed by atoms with van der Waals surface area (Å²) < 4.78 is 52.7. The largest absolute Gasteiger partial charge is 0.417 e. The van der Waals surface area contributed by atoms with E-state index in [1.807, 2.05) is 6.08 Å². The number of nitriles is 1. The molecule has 4 aliphatic heterocycles. The summed E-state index contributed by atoms with van der Waals surface area (Å²) in [5.41, 5.74) is 0.252. The van der Waals surface area contributed by atoms with Gasteiger partial charge in [0.15, 0.2) is 0 Å². The van der Waals surface area contributed by atoms with Crippen LogP contribution >= 0.6 is 0 Å². The Labute approximate surface area is 169 Å². The zero-order valence-electron chi connectivity index (χ0n) is 16.1. The number of benzene rings is 1. The number of alkyl halides is 3. The quantitative estimate of drug-likeness (QED) is 0.755. The predicted octanol–water partition coefficient (Wildman–Crippen LogP) is 2.48. The third kappa shape index (κ3) is 2.28. The van der Waals surface area contributed by atoms with E-state index in [1.54, 1.807) is 13.0 Å². The van der Waals surface area contributed by atoms with E-state index in [-0.39, 0.29) is 18.2 Å². The molecule has 0 radical (unpaired) electrons. The molecule has 5 rings (SSSR count). The first-order chi connectivity index (χ1) is 14.2. The minimum Gasteiger partial charge on any atom is -0.357 e. The van der Waals surface area contributed by atoms with Gasteiger partial charge >= 0.3 is 6.18 Å². The lowest BCUT2D eigenvalue weighted by Crippen LogP contribution is -2.54. The van der Waals surface area contributed by atoms with E-state index in [2.05, 4.69) is 5.48 Å². The molecule has 0 saturated carbocycles. The van der Waals surface area contributed by atoms with Crippen molar-refractivity contribution in [2.45, 2.75) is 37.0 Å². The van der Waals surface area contributed by atoms with Crippen LogP contribution in [-0.2, 0) is 25.3 Å². The van der Waals surface area contributed by atoms with Crippen LogP contribution in [0.15, 0.2) is 30.0 Å². The third-order valence-corrected chi connectivity index (χ3v) is 6.55. The van der Waals surface area contributed by atoms with Gasteiger partial charge in [-0.2, -0.15) is 18.4 Å². The highest BCUT2D eigenvalue weighted by Crippen LogP contribution is 2.64. The SMILES string of the molecule is CONC1=C[C@@]2(C)O[C@@]13CCO[C@H]1[C@@H]3[C@@H]2C(=O)N1c1ccc(C#N)c(C(F)(F)F)c1. The van der Waals surface area contributed by atoms with Gasteiger partial charge in [0, 0.05) is 12.1 Å². The summed E-state index contributed by atoms with van der Waals surface area (Å²) >= 11 is 0. The Hall–Kier alpha value is -2.61. The summed E-state index contributed by atoms with van der Waals surface area (Å²) in [5, 5.41) is 9.06. The molecule has 10 heteroatoms. The molecule has 4 aliphatic rings. The van der Waals surface area contributed by atoms with Gasteiger partial charge in [0.2, 0.25) is 5.91 Å². The highest BCUT2D eigenvalue weighted by atomic mass is 19.4. The first-order valence-electron chi connectivity index (χ1n) is 9.45. The number of amides is 1. The number of ether oxygens (including phenoxy) is 2. The van der Waals surface area contributed by atoms with Crippen LogP contribution in [0, 0.1) is 23.2 Å². The number of hydrogen-bond acceptors (Lipinski definition) is 6. The number of carbonyl (C=O) groups excluding carboxylic acids is 1. The summed E-state index contributed by atoms with van der Waals surface area (Å²) in [4.78, 5) is 19.8. The van der Waals surface area contributed by atoms with Crippen molar-refractivity contribution < 1.29 is 32.3 Å². The summed E-state index contributed by atoms with van der Waals surface area (Å²) in [7, 11) is 1.47. The number of carbonyl (C=O) groups is 1. The highest BCUT2D eigenvalue weighted by Gasteiger charge is 2.76. The first-order valence-corrected chi connectivity index (χ1v) is 9.45. The molecule has 7 nitrogen and oxygen atoms in total. The predicted molar refractivity (Wildman–Crippen MR) is 95.4 cm³/mol. The number of nitrogens with one attached hydrogen (secondary N) is 1. The van der Waals surface area contributed by atoms with Crippen LogP contribution in [0.25, 0.3) is 0 Å². The molecule has 1 aromatic rings. The molecule has 0 aromatic heterocycles. The number of fused-ring (bicyclic) bond motifs is 2. The minimum absolute atomic E-state index is 0.0482. The molecule has 158 valence electrons. The van der Waals surface area contributed by atoms with Crippen molar-refractivity contribution in [3.05, 3.63) is 41.1 Å². The number of rotatable bonds is 3. The Balaban J connectivity index is 1.61. The van der Waals surface area contributed by atoms with Gasteiger partial charge in [0.1, 0.15) is 11.8 Å². The van der Waals surface area contributed by atoms with Gasteiger partial charge in [-0.05, 0) is 31.2 Å². The Morgan fingerprint density at radius 1 is 1.40 bits per heavy atom. The van der Waals surface area contributed by atoms with Crippen LogP contribution in [-0.4, -0.2) is 37.1 Å². The third-order valence-electron chi connectivity index (χ3n) is 6.55. The molecular weight excluding hydrogens is 403 g/mol. The molecule has 0 aliphatic carbocycles. The van der Waals surface area contributed by atoms with E-state index in [0.717, 1.165) is 12.1 Å². The molecule has 0 unspecified atom stereocenters. The van der Waals surface area contributed by atoms with Crippen molar-refractivity contribution in [2.24, 2.45) is 11.8 Å². The second kappa shape index (κ2) is 5.97. The smallest absolute Gasteiger partial charge is 0.357 e. The molecular formula is C20H18F3N3O4. The van der Waals surface area contributed by atoms with E-state index in [1.165, 1.54) is 18.1 Å². The maximum Gasteiger partial charge on any atom is 0.417 e. The second-order valence-electron chi connectivity index (χ2n) is 8.10. The maximum absolute atomic E-state index is 13.5. The second-order valence-corrected chi connectivity index (χ2v) is 8.10. The number of hydroxylamine groups is 1. The van der Waals surface area contributed by atoms with Gasteiger partial charge in [-0.1, -0.05) is 0 Å². The number of halogens is 3. The zero-order chi connectivity index (χ0) is 21.5. The molecule has 3 saturated heterocycles. The molecule has 1 N–H and O–H groups in total. The standard InChI is InChI=1S/C20H18F3N3O4/c1-18-8-13(25-28-2)19(30-18)5-6-29-17-15(19)14(18)16(27)26(17)11-4-3-10(9-24)12(7-11)20(21,22)23/h3-4,7-8,14-15,17,25H,5-6H2,1-2H3/t14-,15+,17+,18-,19+/m1/s1. The van der Waals surface area contributed by atoms with Crippen molar-refractivity contribution in [3.8, 4) is 6.07 Å². The number of anilines is 1. The van der Waals surface area contributed by atoms with Gasteiger partial charge < -0.3 is 9.47 Å². The van der Waals surface area contributed by atoms with Crippen LogP contribution in [0.3, 0.4) is 0 Å². The van der Waals surface area contributed by atoms with E-state index >= 15 is 0 Å². The van der Waals surface area contributed by atoms with Crippen LogP contribution in [0.5, 0.6) is 0 Å². The molecule has 4 heterocycles. The fourth-order valence-electron chi connectivity index (χ4n) is 5.52. The Morgan fingerprint density at radius 3 is 2.83 bits per heavy atom. The Bertz CT molecular complexity index is 1020. The van der Waals surface area contributed by atoms with Gasteiger partial charge in [-0.25, -0.2) is 0 Å². The molecule has 30 heavy (non-hydrogen) atoms. The van der Waals surface area contributed by atoms with Crippen molar-refractivity contribution in [1.29, 1.82) is 5.26 Å². The van der Waals surface area contributed by atoms with E-state index in [9.17, 15) is 18.0 Å². The topological polar surface area (TPSA) is 83.8 Å².